The molecule has 2 N–H and O–H groups in total. The highest BCUT2D eigenvalue weighted by Gasteiger charge is 2.37. The Balaban J connectivity index is 2.63. The van der Waals surface area contributed by atoms with Crippen LogP contribution in [0.3, 0.4) is 0 Å². The SMILES string of the molecule is CC(=CCl)CC1(CN)CCC(C(C)(C)C)CC1. The summed E-state index contributed by atoms with van der Waals surface area (Å²) < 4.78 is 0. The summed E-state index contributed by atoms with van der Waals surface area (Å²) in [6.45, 7) is 9.98. The van der Waals surface area contributed by atoms with Crippen molar-refractivity contribution in [3.8, 4) is 0 Å². The van der Waals surface area contributed by atoms with Crippen molar-refractivity contribution in [3.63, 3.8) is 0 Å². The van der Waals surface area contributed by atoms with E-state index in [1.54, 1.807) is 5.54 Å². The molecule has 0 bridgehead atoms. The average Bonchev–Trinajstić information content (AvgIpc) is 2.28. The topological polar surface area (TPSA) is 26.0 Å². The van der Waals surface area contributed by atoms with Crippen LogP contribution in [0.2, 0.25) is 0 Å². The summed E-state index contributed by atoms with van der Waals surface area (Å²) in [4.78, 5) is 0. The largest absolute Gasteiger partial charge is 0.330 e. The van der Waals surface area contributed by atoms with E-state index in [4.69, 9.17) is 17.3 Å². The highest BCUT2D eigenvalue weighted by atomic mass is 35.5. The van der Waals surface area contributed by atoms with Crippen molar-refractivity contribution in [1.29, 1.82) is 0 Å². The van der Waals surface area contributed by atoms with Crippen LogP contribution in [-0.4, -0.2) is 6.54 Å². The molecular formula is C15H28ClN. The van der Waals surface area contributed by atoms with Crippen molar-refractivity contribution in [2.24, 2.45) is 22.5 Å². The van der Waals surface area contributed by atoms with Gasteiger partial charge in [-0.25, -0.2) is 0 Å². The maximum Gasteiger partial charge on any atom is 0.00319 e. The predicted molar refractivity (Wildman–Crippen MR) is 77.1 cm³/mol. The van der Waals surface area contributed by atoms with Crippen molar-refractivity contribution in [1.82, 2.24) is 0 Å². The van der Waals surface area contributed by atoms with Gasteiger partial charge in [0.2, 0.25) is 0 Å². The lowest BCUT2D eigenvalue weighted by Crippen LogP contribution is -2.37. The van der Waals surface area contributed by atoms with E-state index in [0.29, 0.717) is 10.8 Å². The van der Waals surface area contributed by atoms with Crippen molar-refractivity contribution in [2.45, 2.75) is 59.8 Å². The van der Waals surface area contributed by atoms with Gasteiger partial charge in [0.25, 0.3) is 0 Å². The van der Waals surface area contributed by atoms with Crippen LogP contribution in [0.5, 0.6) is 0 Å². The molecule has 1 saturated carbocycles. The van der Waals surface area contributed by atoms with Crippen LogP contribution < -0.4 is 5.73 Å². The zero-order chi connectivity index (χ0) is 13.1. The number of hydrogen-bond donors (Lipinski definition) is 1. The maximum absolute atomic E-state index is 6.03. The van der Waals surface area contributed by atoms with Gasteiger partial charge in [-0.3, -0.25) is 0 Å². The van der Waals surface area contributed by atoms with E-state index in [2.05, 4.69) is 27.7 Å². The predicted octanol–water partition coefficient (Wildman–Crippen LogP) is 4.70. The second-order valence-corrected chi connectivity index (χ2v) is 7.19. The summed E-state index contributed by atoms with van der Waals surface area (Å²) in [6, 6.07) is 0. The molecule has 0 aromatic rings. The van der Waals surface area contributed by atoms with Gasteiger partial charge >= 0.3 is 0 Å². The Hall–Kier alpha value is -0.0100. The highest BCUT2D eigenvalue weighted by Crippen LogP contribution is 2.47. The van der Waals surface area contributed by atoms with Gasteiger partial charge in [-0.1, -0.05) is 37.9 Å². The van der Waals surface area contributed by atoms with Gasteiger partial charge in [-0.2, -0.15) is 0 Å². The number of halogens is 1. The lowest BCUT2D eigenvalue weighted by molar-refractivity contribution is 0.0927. The van der Waals surface area contributed by atoms with Gasteiger partial charge in [0, 0.05) is 5.54 Å². The molecule has 0 amide bonds. The Morgan fingerprint density at radius 3 is 2.24 bits per heavy atom. The van der Waals surface area contributed by atoms with E-state index in [-0.39, 0.29) is 0 Å². The molecule has 0 radical (unpaired) electrons. The third-order valence-electron chi connectivity index (χ3n) is 4.54. The van der Waals surface area contributed by atoms with Gasteiger partial charge in [-0.15, -0.1) is 0 Å². The first-order valence-corrected chi connectivity index (χ1v) is 7.22. The molecule has 1 nitrogen and oxygen atoms in total. The molecule has 1 aliphatic rings. The number of hydrogen-bond acceptors (Lipinski definition) is 1. The van der Waals surface area contributed by atoms with Crippen molar-refractivity contribution >= 4 is 11.6 Å². The maximum atomic E-state index is 6.03. The normalized spacial score (nSPS) is 31.6. The van der Waals surface area contributed by atoms with Crippen molar-refractivity contribution < 1.29 is 0 Å². The molecule has 0 unspecified atom stereocenters. The molecular weight excluding hydrogens is 230 g/mol. The fraction of sp³-hybridized carbons (Fsp3) is 0.867. The van der Waals surface area contributed by atoms with E-state index in [1.165, 1.54) is 31.3 Å². The molecule has 0 aliphatic heterocycles. The van der Waals surface area contributed by atoms with E-state index >= 15 is 0 Å². The second kappa shape index (κ2) is 5.75. The smallest absolute Gasteiger partial charge is 0.00319 e. The first-order valence-electron chi connectivity index (χ1n) is 6.79. The summed E-state index contributed by atoms with van der Waals surface area (Å²) in [5.41, 5.74) is 9.77. The Kier molecular flexibility index (Phi) is 5.09. The molecule has 100 valence electrons. The molecule has 0 aromatic heterocycles. The van der Waals surface area contributed by atoms with Gasteiger partial charge in [0.15, 0.2) is 0 Å². The van der Waals surface area contributed by atoms with Gasteiger partial charge in [0.1, 0.15) is 0 Å². The first kappa shape index (κ1) is 15.0. The van der Waals surface area contributed by atoms with Gasteiger partial charge < -0.3 is 5.73 Å². The third kappa shape index (κ3) is 3.99. The zero-order valence-corrected chi connectivity index (χ0v) is 12.6. The minimum atomic E-state index is 0.317. The number of nitrogens with two attached hydrogens (primary N) is 1. The fourth-order valence-corrected chi connectivity index (χ4v) is 3.26. The van der Waals surface area contributed by atoms with E-state index in [9.17, 15) is 0 Å². The summed E-state index contributed by atoms with van der Waals surface area (Å²) in [5.74, 6) is 0.850. The molecule has 0 spiro atoms. The highest BCUT2D eigenvalue weighted by molar-refractivity contribution is 6.25. The van der Waals surface area contributed by atoms with E-state index in [1.807, 2.05) is 0 Å². The van der Waals surface area contributed by atoms with Crippen molar-refractivity contribution in [3.05, 3.63) is 11.1 Å². The second-order valence-electron chi connectivity index (χ2n) is 6.98. The Morgan fingerprint density at radius 1 is 1.35 bits per heavy atom. The monoisotopic (exact) mass is 257 g/mol. The molecule has 17 heavy (non-hydrogen) atoms. The van der Waals surface area contributed by atoms with Gasteiger partial charge in [0.05, 0.1) is 0 Å². The fourth-order valence-electron chi connectivity index (χ4n) is 3.18. The molecule has 0 saturated heterocycles. The molecule has 0 atom stereocenters. The molecule has 1 fully saturated rings. The minimum absolute atomic E-state index is 0.317. The van der Waals surface area contributed by atoms with E-state index in [0.717, 1.165) is 18.9 Å². The Morgan fingerprint density at radius 2 is 1.88 bits per heavy atom. The van der Waals surface area contributed by atoms with Crippen LogP contribution in [0, 0.1) is 16.7 Å². The molecule has 2 heteroatoms. The number of rotatable bonds is 3. The van der Waals surface area contributed by atoms with Crippen LogP contribution in [-0.2, 0) is 0 Å². The molecule has 0 heterocycles. The number of allylic oxidation sites excluding steroid dienone is 1. The summed E-state index contributed by atoms with van der Waals surface area (Å²) in [5, 5.41) is 0. The van der Waals surface area contributed by atoms with Crippen LogP contribution >= 0.6 is 11.6 Å². The summed E-state index contributed by atoms with van der Waals surface area (Å²) in [6.07, 6.45) is 6.22. The van der Waals surface area contributed by atoms with Crippen LogP contribution in [0.1, 0.15) is 59.8 Å². The zero-order valence-electron chi connectivity index (χ0n) is 11.9. The summed E-state index contributed by atoms with van der Waals surface area (Å²) >= 11 is 5.79. The van der Waals surface area contributed by atoms with Crippen LogP contribution in [0.4, 0.5) is 0 Å². The summed E-state index contributed by atoms with van der Waals surface area (Å²) in [7, 11) is 0. The standard InChI is InChI=1S/C15H28ClN/c1-12(10-16)9-15(11-17)7-5-13(6-8-15)14(2,3)4/h10,13H,5-9,11,17H2,1-4H3. The van der Waals surface area contributed by atoms with Gasteiger partial charge in [-0.05, 0) is 62.3 Å². The lowest BCUT2D eigenvalue weighted by atomic mass is 9.62. The minimum Gasteiger partial charge on any atom is -0.330 e. The quantitative estimate of drug-likeness (QED) is 0.779. The van der Waals surface area contributed by atoms with E-state index < -0.39 is 0 Å². The first-order chi connectivity index (χ1) is 7.83. The molecule has 1 rings (SSSR count). The van der Waals surface area contributed by atoms with Crippen LogP contribution in [0.25, 0.3) is 0 Å². The lowest BCUT2D eigenvalue weighted by Gasteiger charge is -2.44. The Labute approximate surface area is 112 Å². The van der Waals surface area contributed by atoms with Crippen molar-refractivity contribution in [2.75, 3.05) is 6.54 Å². The third-order valence-corrected chi connectivity index (χ3v) is 4.92. The average molecular weight is 258 g/mol. The Bertz CT molecular complexity index is 267. The molecule has 1 aliphatic carbocycles. The molecule has 0 aromatic carbocycles. The van der Waals surface area contributed by atoms with Crippen LogP contribution in [0.15, 0.2) is 11.1 Å².